The Morgan fingerprint density at radius 2 is 1.87 bits per heavy atom. The Morgan fingerprint density at radius 3 is 2.69 bits per heavy atom. The molecule has 2 N–H and O–H groups in total. The van der Waals surface area contributed by atoms with Crippen LogP contribution in [-0.4, -0.2) is 44.0 Å². The molecular weight excluding hydrogens is 517 g/mol. The van der Waals surface area contributed by atoms with E-state index in [4.69, 9.17) is 0 Å². The maximum Gasteiger partial charge on any atom is 0.290 e. The maximum atomic E-state index is 15.0. The summed E-state index contributed by atoms with van der Waals surface area (Å²) in [5, 5.41) is 15.8. The molecule has 0 bridgehead atoms. The van der Waals surface area contributed by atoms with E-state index in [1.165, 1.54) is 22.1 Å². The van der Waals surface area contributed by atoms with Gasteiger partial charge in [0.05, 0.1) is 28.5 Å². The van der Waals surface area contributed by atoms with Crippen LogP contribution >= 0.6 is 11.3 Å². The maximum absolute atomic E-state index is 15.0. The molecule has 0 unspecified atom stereocenters. The number of hydrogen-bond acceptors (Lipinski definition) is 7. The average Bonchev–Trinajstić information content (AvgIpc) is 3.52. The molecule has 39 heavy (non-hydrogen) atoms. The van der Waals surface area contributed by atoms with Crippen LogP contribution < -0.4 is 16.2 Å². The third kappa shape index (κ3) is 4.70. The predicted molar refractivity (Wildman–Crippen MR) is 151 cm³/mol. The van der Waals surface area contributed by atoms with Crippen LogP contribution in [0.2, 0.25) is 0 Å². The first-order valence-corrected chi connectivity index (χ1v) is 13.3. The number of rotatable bonds is 5. The summed E-state index contributed by atoms with van der Waals surface area (Å²) in [7, 11) is 3.62. The number of anilines is 3. The Balaban J connectivity index is 1.32. The number of thiophene rings is 1. The van der Waals surface area contributed by atoms with E-state index < -0.39 is 5.82 Å². The molecule has 0 atom stereocenters. The second-order valence-electron chi connectivity index (χ2n) is 9.68. The minimum absolute atomic E-state index is 0.0750. The van der Waals surface area contributed by atoms with Crippen LogP contribution in [0.15, 0.2) is 59.4 Å². The first-order chi connectivity index (χ1) is 18.8. The molecule has 6 rings (SSSR count). The van der Waals surface area contributed by atoms with Crippen LogP contribution in [0.1, 0.15) is 20.9 Å². The fraction of sp³-hybridized carbons (Fsp3) is 0.214. The van der Waals surface area contributed by atoms with E-state index in [0.717, 1.165) is 35.4 Å². The number of amides is 1. The van der Waals surface area contributed by atoms with Gasteiger partial charge in [-0.25, -0.2) is 9.07 Å². The number of benzene rings is 2. The molecule has 3 aromatic heterocycles. The molecule has 0 saturated carbocycles. The minimum Gasteiger partial charge on any atom is -0.334 e. The molecule has 0 saturated heterocycles. The fourth-order valence-electron chi connectivity index (χ4n) is 4.80. The van der Waals surface area contributed by atoms with E-state index in [0.29, 0.717) is 33.2 Å². The first kappa shape index (κ1) is 25.0. The van der Waals surface area contributed by atoms with Crippen LogP contribution in [0.3, 0.4) is 0 Å². The van der Waals surface area contributed by atoms with E-state index in [9.17, 15) is 14.0 Å². The summed E-state index contributed by atoms with van der Waals surface area (Å²) in [4.78, 5) is 28.7. The summed E-state index contributed by atoms with van der Waals surface area (Å²) in [6.45, 7) is 4.18. The van der Waals surface area contributed by atoms with E-state index in [1.54, 1.807) is 32.2 Å². The molecule has 5 aromatic rings. The molecule has 1 aliphatic heterocycles. The molecule has 0 fully saturated rings. The highest BCUT2D eigenvalue weighted by Crippen LogP contribution is 2.32. The zero-order valence-electron chi connectivity index (χ0n) is 21.7. The molecule has 198 valence electrons. The summed E-state index contributed by atoms with van der Waals surface area (Å²) in [5.41, 5.74) is 2.66. The molecule has 0 aliphatic carbocycles. The van der Waals surface area contributed by atoms with Crippen molar-refractivity contribution in [1.82, 2.24) is 24.5 Å². The van der Waals surface area contributed by atoms with Gasteiger partial charge < -0.3 is 10.6 Å². The smallest absolute Gasteiger partial charge is 0.290 e. The number of fused-ring (bicyclic) bond motifs is 2. The number of likely N-dealkylation sites (N-methyl/N-ethyl adjacent to an activating group) is 1. The minimum atomic E-state index is -0.553. The molecular formula is C28H26FN7O2S. The van der Waals surface area contributed by atoms with Gasteiger partial charge in [0, 0.05) is 36.5 Å². The SMILES string of the molecule is Cc1c(-c2cc(Nc3cc4n(n3)CCN(C)C4)c(=O)n(C)n2)ccc(F)c1NC(=O)c1cc2ccccc2s1. The van der Waals surface area contributed by atoms with Gasteiger partial charge >= 0.3 is 0 Å². The van der Waals surface area contributed by atoms with Crippen molar-refractivity contribution in [3.8, 4) is 11.3 Å². The Bertz CT molecular complexity index is 1770. The number of halogens is 1. The largest absolute Gasteiger partial charge is 0.334 e. The summed E-state index contributed by atoms with van der Waals surface area (Å²) in [6, 6.07) is 15.9. The molecule has 11 heteroatoms. The molecule has 0 radical (unpaired) electrons. The van der Waals surface area contributed by atoms with Gasteiger partial charge in [0.2, 0.25) is 0 Å². The predicted octanol–water partition coefficient (Wildman–Crippen LogP) is 4.75. The van der Waals surface area contributed by atoms with Gasteiger partial charge in [-0.05, 0) is 55.3 Å². The number of nitrogens with zero attached hydrogens (tertiary/aromatic N) is 5. The van der Waals surface area contributed by atoms with Crippen molar-refractivity contribution >= 4 is 44.5 Å². The first-order valence-electron chi connectivity index (χ1n) is 12.5. The highest BCUT2D eigenvalue weighted by Gasteiger charge is 2.20. The van der Waals surface area contributed by atoms with Crippen molar-refractivity contribution in [3.05, 3.63) is 86.9 Å². The Kier molecular flexibility index (Phi) is 6.24. The van der Waals surface area contributed by atoms with Gasteiger partial charge in [-0.1, -0.05) is 18.2 Å². The van der Waals surface area contributed by atoms with Gasteiger partial charge in [0.15, 0.2) is 5.82 Å². The zero-order valence-corrected chi connectivity index (χ0v) is 22.5. The number of carbonyl (C=O) groups excluding carboxylic acids is 1. The van der Waals surface area contributed by atoms with Gasteiger partial charge in [0.1, 0.15) is 11.5 Å². The highest BCUT2D eigenvalue weighted by atomic mass is 32.1. The quantitative estimate of drug-likeness (QED) is 0.332. The lowest BCUT2D eigenvalue weighted by atomic mass is 10.0. The third-order valence-electron chi connectivity index (χ3n) is 6.89. The van der Waals surface area contributed by atoms with Gasteiger partial charge in [-0.15, -0.1) is 11.3 Å². The fourth-order valence-corrected chi connectivity index (χ4v) is 5.76. The number of carbonyl (C=O) groups is 1. The van der Waals surface area contributed by atoms with Crippen LogP contribution in [0, 0.1) is 12.7 Å². The lowest BCUT2D eigenvalue weighted by Gasteiger charge is -2.22. The van der Waals surface area contributed by atoms with Crippen LogP contribution in [-0.2, 0) is 20.1 Å². The summed E-state index contributed by atoms with van der Waals surface area (Å²) in [5.74, 6) is -0.371. The lowest BCUT2D eigenvalue weighted by molar-refractivity contribution is 0.103. The number of nitrogens with one attached hydrogen (secondary N) is 2. The third-order valence-corrected chi connectivity index (χ3v) is 8.01. The number of aromatic nitrogens is 4. The highest BCUT2D eigenvalue weighted by molar-refractivity contribution is 7.20. The standard InChI is InChI=1S/C28H26FN7O2S/c1-16-19(8-9-20(29)26(16)31-27(37)24-12-17-6-4-5-7-23(17)39-24)21-14-22(28(38)35(3)32-21)30-25-13-18-15-34(2)10-11-36(18)33-25/h4-9,12-14H,10-11,15H2,1-3H3,(H,30,33)(H,31,37). The van der Waals surface area contributed by atoms with E-state index >= 15 is 0 Å². The summed E-state index contributed by atoms with van der Waals surface area (Å²) < 4.78 is 19.1. The molecule has 1 aliphatic rings. The van der Waals surface area contributed by atoms with Crippen molar-refractivity contribution in [3.63, 3.8) is 0 Å². The monoisotopic (exact) mass is 543 g/mol. The van der Waals surface area contributed by atoms with Gasteiger partial charge in [-0.3, -0.25) is 19.2 Å². The Morgan fingerprint density at radius 1 is 1.05 bits per heavy atom. The van der Waals surface area contributed by atoms with Gasteiger partial charge in [0.25, 0.3) is 11.5 Å². The van der Waals surface area contributed by atoms with Crippen molar-refractivity contribution in [2.24, 2.45) is 7.05 Å². The molecule has 2 aromatic carbocycles. The van der Waals surface area contributed by atoms with Crippen LogP contribution in [0.5, 0.6) is 0 Å². The van der Waals surface area contributed by atoms with E-state index in [1.807, 2.05) is 35.0 Å². The molecule has 4 heterocycles. The molecule has 1 amide bonds. The van der Waals surface area contributed by atoms with Crippen LogP contribution in [0.25, 0.3) is 21.3 Å². The van der Waals surface area contributed by atoms with Gasteiger partial charge in [-0.2, -0.15) is 10.2 Å². The van der Waals surface area contributed by atoms with Crippen molar-refractivity contribution < 1.29 is 9.18 Å². The van der Waals surface area contributed by atoms with E-state index in [2.05, 4.69) is 32.8 Å². The second-order valence-corrected chi connectivity index (χ2v) is 10.8. The normalized spacial score (nSPS) is 13.4. The molecule has 0 spiro atoms. The lowest BCUT2D eigenvalue weighted by Crippen LogP contribution is -2.30. The Labute approximate surface area is 227 Å². The van der Waals surface area contributed by atoms with Crippen molar-refractivity contribution in [2.75, 3.05) is 24.2 Å². The second kappa shape index (κ2) is 9.75. The zero-order chi connectivity index (χ0) is 27.3. The topological polar surface area (TPSA) is 97.1 Å². The molecule has 9 nitrogen and oxygen atoms in total. The van der Waals surface area contributed by atoms with Crippen LogP contribution in [0.4, 0.5) is 21.6 Å². The van der Waals surface area contributed by atoms with Crippen molar-refractivity contribution in [1.29, 1.82) is 0 Å². The summed E-state index contributed by atoms with van der Waals surface area (Å²) >= 11 is 1.35. The van der Waals surface area contributed by atoms with E-state index in [-0.39, 0.29) is 17.2 Å². The number of hydrogen-bond donors (Lipinski definition) is 2. The number of aryl methyl sites for hydroxylation is 1. The summed E-state index contributed by atoms with van der Waals surface area (Å²) in [6.07, 6.45) is 0. The van der Waals surface area contributed by atoms with Crippen molar-refractivity contribution in [2.45, 2.75) is 20.0 Å². The average molecular weight is 544 g/mol. The Hall–Kier alpha value is -4.35.